The highest BCUT2D eigenvalue weighted by Gasteiger charge is 2.07. The lowest BCUT2D eigenvalue weighted by Gasteiger charge is -2.07. The monoisotopic (exact) mass is 376 g/mol. The van der Waals surface area contributed by atoms with Gasteiger partial charge >= 0.3 is 11.9 Å². The number of esters is 2. The number of ether oxygens (including phenoxy) is 2. The van der Waals surface area contributed by atoms with Crippen LogP contribution in [0.2, 0.25) is 0 Å². The molecule has 0 heterocycles. The third-order valence-electron chi connectivity index (χ3n) is 3.33. The average Bonchev–Trinajstić information content (AvgIpc) is 2.54. The fourth-order valence-corrected chi connectivity index (χ4v) is 2.70. The summed E-state index contributed by atoms with van der Waals surface area (Å²) in [6, 6.07) is 14.7. The number of hydrogen-bond acceptors (Lipinski definition) is 6. The molecule has 0 saturated heterocycles. The van der Waals surface area contributed by atoms with Crippen molar-refractivity contribution in [1.82, 2.24) is 0 Å². The zero-order valence-electron chi connectivity index (χ0n) is 13.7. The van der Waals surface area contributed by atoms with Gasteiger partial charge in [-0.05, 0) is 35.4 Å². The van der Waals surface area contributed by atoms with Crippen LogP contribution in [-0.2, 0) is 31.9 Å². The fourth-order valence-electron chi connectivity index (χ4n) is 2.20. The average molecular weight is 376 g/mol. The molecule has 0 fully saturated rings. The number of hydrogen-bond donors (Lipinski definition) is 2. The van der Waals surface area contributed by atoms with Gasteiger partial charge in [0.1, 0.15) is 0 Å². The zero-order valence-corrected chi connectivity index (χ0v) is 15.5. The van der Waals surface area contributed by atoms with Gasteiger partial charge in [0.25, 0.3) is 0 Å². The van der Waals surface area contributed by atoms with Crippen LogP contribution in [0.5, 0.6) is 0 Å². The molecule has 0 atom stereocenters. The Hall–Kier alpha value is -1.92. The minimum absolute atomic E-state index is 0.203. The Morgan fingerprint density at radius 1 is 0.760 bits per heavy atom. The maximum Gasteiger partial charge on any atom is 0.310 e. The first-order valence-corrected chi connectivity index (χ1v) is 8.79. The number of carbonyl (C=O) groups is 2. The van der Waals surface area contributed by atoms with E-state index in [-0.39, 0.29) is 38.0 Å². The van der Waals surface area contributed by atoms with Crippen molar-refractivity contribution in [3.05, 3.63) is 59.7 Å². The Morgan fingerprint density at radius 3 is 1.60 bits per heavy atom. The topological polar surface area (TPSA) is 52.6 Å². The first kappa shape index (κ1) is 19.4. The summed E-state index contributed by atoms with van der Waals surface area (Å²) in [5.74, 6) is -0.619. The molecule has 132 valence electrons. The van der Waals surface area contributed by atoms with Crippen LogP contribution in [0, 0.1) is 0 Å². The molecular formula is C19H20O4S2. The van der Waals surface area contributed by atoms with Gasteiger partial charge in [0.05, 0.1) is 26.1 Å². The number of thiol groups is 2. The lowest BCUT2D eigenvalue weighted by Crippen LogP contribution is -2.13. The summed E-state index contributed by atoms with van der Waals surface area (Å²) in [5, 5.41) is 0. The molecule has 0 aromatic heterocycles. The van der Waals surface area contributed by atoms with Crippen molar-refractivity contribution >= 4 is 37.2 Å². The van der Waals surface area contributed by atoms with E-state index >= 15 is 0 Å². The standard InChI is InChI=1S/C19H20O4S2/c20-18(12-14-4-1-6-16(24)10-14)22-8-3-9-23-19(21)13-15-5-2-7-17(25)11-15/h1-2,4-7,10-11,24-25H,3,8-9,12-13H2. The summed E-state index contributed by atoms with van der Waals surface area (Å²) in [4.78, 5) is 25.1. The number of carbonyl (C=O) groups excluding carboxylic acids is 2. The molecule has 2 rings (SSSR count). The van der Waals surface area contributed by atoms with E-state index in [1.165, 1.54) is 0 Å². The van der Waals surface area contributed by atoms with Gasteiger partial charge in [-0.2, -0.15) is 0 Å². The molecule has 0 unspecified atom stereocenters. The highest BCUT2D eigenvalue weighted by molar-refractivity contribution is 7.80. The molecule has 6 heteroatoms. The van der Waals surface area contributed by atoms with Gasteiger partial charge in [0.15, 0.2) is 0 Å². The van der Waals surface area contributed by atoms with Gasteiger partial charge in [0.2, 0.25) is 0 Å². The Labute approximate surface area is 158 Å². The van der Waals surface area contributed by atoms with Crippen LogP contribution >= 0.6 is 25.3 Å². The van der Waals surface area contributed by atoms with Crippen molar-refractivity contribution in [2.24, 2.45) is 0 Å². The van der Waals surface area contributed by atoms with E-state index < -0.39 is 0 Å². The summed E-state index contributed by atoms with van der Waals surface area (Å²) >= 11 is 8.46. The summed E-state index contributed by atoms with van der Waals surface area (Å²) in [5.41, 5.74) is 1.71. The molecule has 0 amide bonds. The second-order valence-corrected chi connectivity index (χ2v) is 6.52. The van der Waals surface area contributed by atoms with Crippen LogP contribution < -0.4 is 0 Å². The second-order valence-electron chi connectivity index (χ2n) is 5.49. The van der Waals surface area contributed by atoms with Gasteiger partial charge in [-0.15, -0.1) is 25.3 Å². The van der Waals surface area contributed by atoms with Crippen LogP contribution in [0.3, 0.4) is 0 Å². The van der Waals surface area contributed by atoms with Gasteiger partial charge in [-0.3, -0.25) is 9.59 Å². The maximum atomic E-state index is 11.7. The van der Waals surface area contributed by atoms with Gasteiger partial charge in [0, 0.05) is 16.2 Å². The Bertz CT molecular complexity index is 669. The third-order valence-corrected chi connectivity index (χ3v) is 3.89. The van der Waals surface area contributed by atoms with Crippen molar-refractivity contribution in [2.45, 2.75) is 29.1 Å². The van der Waals surface area contributed by atoms with Crippen LogP contribution in [-0.4, -0.2) is 25.2 Å². The lowest BCUT2D eigenvalue weighted by atomic mass is 10.1. The van der Waals surface area contributed by atoms with Crippen molar-refractivity contribution in [2.75, 3.05) is 13.2 Å². The molecule has 0 spiro atoms. The van der Waals surface area contributed by atoms with E-state index in [0.29, 0.717) is 6.42 Å². The summed E-state index contributed by atoms with van der Waals surface area (Å²) in [7, 11) is 0. The van der Waals surface area contributed by atoms with Crippen molar-refractivity contribution in [1.29, 1.82) is 0 Å². The summed E-state index contributed by atoms with van der Waals surface area (Å²) < 4.78 is 10.3. The molecule has 0 N–H and O–H groups in total. The highest BCUT2D eigenvalue weighted by Crippen LogP contribution is 2.11. The van der Waals surface area contributed by atoms with Crippen LogP contribution in [0.15, 0.2) is 58.3 Å². The normalized spacial score (nSPS) is 10.3. The SMILES string of the molecule is O=C(Cc1cccc(S)c1)OCCCOC(=O)Cc1cccc(S)c1. The Kier molecular flexibility index (Phi) is 7.88. The molecule has 0 radical (unpaired) electrons. The van der Waals surface area contributed by atoms with Crippen molar-refractivity contribution in [3.8, 4) is 0 Å². The molecule has 2 aromatic carbocycles. The molecule has 0 aliphatic rings. The lowest BCUT2D eigenvalue weighted by molar-refractivity contribution is -0.145. The predicted octanol–water partition coefficient (Wildman–Crippen LogP) is 3.53. The van der Waals surface area contributed by atoms with E-state index in [2.05, 4.69) is 25.3 Å². The molecule has 0 aliphatic carbocycles. The molecular weight excluding hydrogens is 356 g/mol. The Morgan fingerprint density at radius 2 is 1.20 bits per heavy atom. The van der Waals surface area contributed by atoms with E-state index in [9.17, 15) is 9.59 Å². The second kappa shape index (κ2) is 10.2. The molecule has 25 heavy (non-hydrogen) atoms. The van der Waals surface area contributed by atoms with E-state index in [0.717, 1.165) is 20.9 Å². The van der Waals surface area contributed by atoms with E-state index in [4.69, 9.17) is 9.47 Å². The van der Waals surface area contributed by atoms with E-state index in [1.54, 1.807) is 0 Å². The molecule has 0 saturated carbocycles. The first-order valence-electron chi connectivity index (χ1n) is 7.90. The predicted molar refractivity (Wildman–Crippen MR) is 101 cm³/mol. The highest BCUT2D eigenvalue weighted by atomic mass is 32.1. The quantitative estimate of drug-likeness (QED) is 0.420. The van der Waals surface area contributed by atoms with Crippen molar-refractivity contribution in [3.63, 3.8) is 0 Å². The largest absolute Gasteiger partial charge is 0.465 e. The molecule has 0 aliphatic heterocycles. The molecule has 0 bridgehead atoms. The fraction of sp³-hybridized carbons (Fsp3) is 0.263. The molecule has 2 aromatic rings. The van der Waals surface area contributed by atoms with Crippen LogP contribution in [0.25, 0.3) is 0 Å². The zero-order chi connectivity index (χ0) is 18.1. The van der Waals surface area contributed by atoms with Crippen LogP contribution in [0.4, 0.5) is 0 Å². The summed E-state index contributed by atoms with van der Waals surface area (Å²) in [6.07, 6.45) is 0.874. The summed E-state index contributed by atoms with van der Waals surface area (Å²) in [6.45, 7) is 0.442. The Balaban J connectivity index is 1.59. The number of benzene rings is 2. The maximum absolute atomic E-state index is 11.7. The van der Waals surface area contributed by atoms with Gasteiger partial charge in [-0.25, -0.2) is 0 Å². The van der Waals surface area contributed by atoms with Gasteiger partial charge in [-0.1, -0.05) is 24.3 Å². The van der Waals surface area contributed by atoms with Crippen molar-refractivity contribution < 1.29 is 19.1 Å². The number of rotatable bonds is 8. The minimum Gasteiger partial charge on any atom is -0.465 e. The third kappa shape index (κ3) is 7.67. The van der Waals surface area contributed by atoms with Gasteiger partial charge < -0.3 is 9.47 Å². The molecule has 4 nitrogen and oxygen atoms in total. The van der Waals surface area contributed by atoms with E-state index in [1.807, 2.05) is 48.5 Å². The minimum atomic E-state index is -0.309. The first-order chi connectivity index (χ1) is 12.0. The van der Waals surface area contributed by atoms with Crippen LogP contribution in [0.1, 0.15) is 17.5 Å². The smallest absolute Gasteiger partial charge is 0.310 e.